The molecule has 16 heavy (non-hydrogen) atoms. The summed E-state index contributed by atoms with van der Waals surface area (Å²) in [4.78, 5) is 17.5. The number of nitrogens with one attached hydrogen (secondary N) is 1. The van der Waals surface area contributed by atoms with Crippen molar-refractivity contribution in [2.45, 2.75) is 6.42 Å². The van der Waals surface area contributed by atoms with E-state index in [0.717, 1.165) is 13.0 Å². The lowest BCUT2D eigenvalue weighted by Crippen LogP contribution is -2.27. The number of rotatable bonds is 5. The van der Waals surface area contributed by atoms with Gasteiger partial charge in [-0.3, -0.25) is 4.79 Å². The smallest absolute Gasteiger partial charge is 0.252 e. The molecule has 0 unspecified atom stereocenters. The summed E-state index contributed by atoms with van der Waals surface area (Å²) in [5.41, 5.74) is 5.97. The molecule has 5 heteroatoms. The Bertz CT molecular complexity index is 334. The zero-order valence-corrected chi connectivity index (χ0v) is 9.73. The predicted molar refractivity (Wildman–Crippen MR) is 64.2 cm³/mol. The molecule has 1 rings (SSSR count). The molecule has 0 fully saturated rings. The molecule has 5 nitrogen and oxygen atoms in total. The summed E-state index contributed by atoms with van der Waals surface area (Å²) in [5, 5.41) is 2.83. The van der Waals surface area contributed by atoms with Crippen molar-refractivity contribution in [1.82, 2.24) is 15.2 Å². The number of amides is 1. The Morgan fingerprint density at radius 3 is 2.81 bits per heavy atom. The van der Waals surface area contributed by atoms with E-state index < -0.39 is 0 Å². The third-order valence-corrected chi connectivity index (χ3v) is 2.12. The van der Waals surface area contributed by atoms with Crippen LogP contribution in [0.3, 0.4) is 0 Å². The summed E-state index contributed by atoms with van der Waals surface area (Å²) in [6.45, 7) is 1.63. The minimum Gasteiger partial charge on any atom is -0.384 e. The lowest BCUT2D eigenvalue weighted by Gasteiger charge is -2.09. The molecular weight excluding hydrogens is 204 g/mol. The van der Waals surface area contributed by atoms with Crippen LogP contribution < -0.4 is 11.1 Å². The number of nitrogens with zero attached hydrogens (tertiary/aromatic N) is 2. The SMILES string of the molecule is CN(C)CCCNC(=O)c1ccc(N)nc1. The van der Waals surface area contributed by atoms with Crippen LogP contribution >= 0.6 is 0 Å². The van der Waals surface area contributed by atoms with E-state index in [9.17, 15) is 4.79 Å². The second kappa shape index (κ2) is 6.07. The van der Waals surface area contributed by atoms with Gasteiger partial charge in [0.05, 0.1) is 5.56 Å². The normalized spacial score (nSPS) is 10.4. The second-order valence-electron chi connectivity index (χ2n) is 3.88. The molecule has 0 aliphatic heterocycles. The molecule has 1 aromatic heterocycles. The Balaban J connectivity index is 2.32. The van der Waals surface area contributed by atoms with Crippen LogP contribution in [0.5, 0.6) is 0 Å². The zero-order chi connectivity index (χ0) is 12.0. The van der Waals surface area contributed by atoms with Gasteiger partial charge in [-0.05, 0) is 39.2 Å². The standard InChI is InChI=1S/C11H18N4O/c1-15(2)7-3-6-13-11(16)9-4-5-10(12)14-8-9/h4-5,8H,3,6-7H2,1-2H3,(H2,12,14)(H,13,16). The number of aromatic nitrogens is 1. The van der Waals surface area contributed by atoms with E-state index in [1.54, 1.807) is 12.1 Å². The largest absolute Gasteiger partial charge is 0.384 e. The molecule has 0 atom stereocenters. The first-order valence-corrected chi connectivity index (χ1v) is 5.24. The average molecular weight is 222 g/mol. The Morgan fingerprint density at radius 2 is 2.25 bits per heavy atom. The highest BCUT2D eigenvalue weighted by Gasteiger charge is 2.04. The molecule has 0 aliphatic rings. The molecule has 0 aromatic carbocycles. The number of hydrogen-bond donors (Lipinski definition) is 2. The minimum absolute atomic E-state index is 0.105. The molecule has 0 radical (unpaired) electrons. The predicted octanol–water partition coefficient (Wildman–Crippen LogP) is 0.345. The summed E-state index contributed by atoms with van der Waals surface area (Å²) in [6.07, 6.45) is 2.41. The summed E-state index contributed by atoms with van der Waals surface area (Å²) < 4.78 is 0. The summed E-state index contributed by atoms with van der Waals surface area (Å²) >= 11 is 0. The van der Waals surface area contributed by atoms with Crippen LogP contribution in [-0.4, -0.2) is 43.0 Å². The van der Waals surface area contributed by atoms with Crippen LogP contribution in [0.2, 0.25) is 0 Å². The molecule has 0 spiro atoms. The van der Waals surface area contributed by atoms with Crippen molar-refractivity contribution in [3.05, 3.63) is 23.9 Å². The first kappa shape index (κ1) is 12.4. The van der Waals surface area contributed by atoms with Gasteiger partial charge in [0.1, 0.15) is 5.82 Å². The van der Waals surface area contributed by atoms with Gasteiger partial charge in [-0.25, -0.2) is 4.98 Å². The topological polar surface area (TPSA) is 71.2 Å². The number of anilines is 1. The molecule has 0 saturated carbocycles. The van der Waals surface area contributed by atoms with E-state index in [0.29, 0.717) is 17.9 Å². The summed E-state index contributed by atoms with van der Waals surface area (Å²) in [6, 6.07) is 3.29. The molecule has 1 heterocycles. The van der Waals surface area contributed by atoms with Crippen LogP contribution in [-0.2, 0) is 0 Å². The van der Waals surface area contributed by atoms with Gasteiger partial charge in [0.25, 0.3) is 5.91 Å². The molecule has 1 aromatic rings. The number of pyridine rings is 1. The Hall–Kier alpha value is -1.62. The Morgan fingerprint density at radius 1 is 1.50 bits per heavy atom. The van der Waals surface area contributed by atoms with Gasteiger partial charge >= 0.3 is 0 Å². The minimum atomic E-state index is -0.105. The number of carbonyl (C=O) groups excluding carboxylic acids is 1. The van der Waals surface area contributed by atoms with E-state index in [-0.39, 0.29) is 5.91 Å². The molecule has 0 aliphatic carbocycles. The maximum absolute atomic E-state index is 11.6. The average Bonchev–Trinajstić information content (AvgIpc) is 2.25. The number of nitrogens with two attached hydrogens (primary N) is 1. The van der Waals surface area contributed by atoms with Gasteiger partial charge in [0.2, 0.25) is 0 Å². The number of hydrogen-bond acceptors (Lipinski definition) is 4. The van der Waals surface area contributed by atoms with Crippen molar-refractivity contribution >= 4 is 11.7 Å². The second-order valence-corrected chi connectivity index (χ2v) is 3.88. The van der Waals surface area contributed by atoms with Gasteiger partial charge in [-0.1, -0.05) is 0 Å². The fourth-order valence-corrected chi connectivity index (χ4v) is 1.24. The van der Waals surface area contributed by atoms with Crippen LogP contribution in [0.25, 0.3) is 0 Å². The van der Waals surface area contributed by atoms with Gasteiger partial charge < -0.3 is 16.0 Å². The lowest BCUT2D eigenvalue weighted by molar-refractivity contribution is 0.0952. The van der Waals surface area contributed by atoms with Crippen LogP contribution in [0.1, 0.15) is 16.8 Å². The van der Waals surface area contributed by atoms with Crippen molar-refractivity contribution in [3.8, 4) is 0 Å². The molecule has 88 valence electrons. The third kappa shape index (κ3) is 4.27. The monoisotopic (exact) mass is 222 g/mol. The number of carbonyl (C=O) groups is 1. The summed E-state index contributed by atoms with van der Waals surface area (Å²) in [7, 11) is 4.01. The van der Waals surface area contributed by atoms with Crippen molar-refractivity contribution in [3.63, 3.8) is 0 Å². The third-order valence-electron chi connectivity index (χ3n) is 2.12. The van der Waals surface area contributed by atoms with E-state index in [1.165, 1.54) is 6.20 Å². The first-order chi connectivity index (χ1) is 7.59. The molecule has 3 N–H and O–H groups in total. The summed E-state index contributed by atoms with van der Waals surface area (Å²) in [5.74, 6) is 0.315. The highest BCUT2D eigenvalue weighted by Crippen LogP contribution is 2.00. The fourth-order valence-electron chi connectivity index (χ4n) is 1.24. The molecular formula is C11H18N4O. The van der Waals surface area contributed by atoms with Crippen LogP contribution in [0.4, 0.5) is 5.82 Å². The van der Waals surface area contributed by atoms with Crippen LogP contribution in [0.15, 0.2) is 18.3 Å². The Labute approximate surface area is 95.7 Å². The zero-order valence-electron chi connectivity index (χ0n) is 9.73. The number of nitrogen functional groups attached to an aromatic ring is 1. The van der Waals surface area contributed by atoms with Crippen molar-refractivity contribution < 1.29 is 4.79 Å². The van der Waals surface area contributed by atoms with E-state index in [4.69, 9.17) is 5.73 Å². The molecule has 0 bridgehead atoms. The maximum Gasteiger partial charge on any atom is 0.252 e. The van der Waals surface area contributed by atoms with Gasteiger partial charge in [-0.2, -0.15) is 0 Å². The maximum atomic E-state index is 11.6. The van der Waals surface area contributed by atoms with Crippen molar-refractivity contribution in [2.24, 2.45) is 0 Å². The molecule has 0 saturated heterocycles. The fraction of sp³-hybridized carbons (Fsp3) is 0.455. The van der Waals surface area contributed by atoms with Crippen molar-refractivity contribution in [1.29, 1.82) is 0 Å². The van der Waals surface area contributed by atoms with E-state index in [1.807, 2.05) is 14.1 Å². The highest BCUT2D eigenvalue weighted by molar-refractivity contribution is 5.93. The van der Waals surface area contributed by atoms with Gasteiger partial charge in [0, 0.05) is 12.7 Å². The first-order valence-electron chi connectivity index (χ1n) is 5.24. The lowest BCUT2D eigenvalue weighted by atomic mass is 10.2. The highest BCUT2D eigenvalue weighted by atomic mass is 16.1. The van der Waals surface area contributed by atoms with Crippen molar-refractivity contribution in [2.75, 3.05) is 32.9 Å². The van der Waals surface area contributed by atoms with E-state index >= 15 is 0 Å². The molecule has 1 amide bonds. The van der Waals surface area contributed by atoms with E-state index in [2.05, 4.69) is 15.2 Å². The quantitative estimate of drug-likeness (QED) is 0.705. The van der Waals surface area contributed by atoms with Gasteiger partial charge in [0.15, 0.2) is 0 Å². The van der Waals surface area contributed by atoms with Crippen LogP contribution in [0, 0.1) is 0 Å². The van der Waals surface area contributed by atoms with Gasteiger partial charge in [-0.15, -0.1) is 0 Å². The Kier molecular flexibility index (Phi) is 4.72.